The number of thiophene rings is 1. The molecule has 7 heteroatoms. The van der Waals surface area contributed by atoms with Gasteiger partial charge in [0.05, 0.1) is 17.9 Å². The van der Waals surface area contributed by atoms with Crippen LogP contribution in [0, 0.1) is 29.6 Å². The molecule has 1 aromatic heterocycles. The van der Waals surface area contributed by atoms with E-state index in [9.17, 15) is 23.1 Å². The maximum Gasteiger partial charge on any atom is 0.392 e. The lowest BCUT2D eigenvalue weighted by molar-refractivity contribution is -0.185. The third kappa shape index (κ3) is 5.40. The molecule has 154 valence electrons. The van der Waals surface area contributed by atoms with Crippen LogP contribution in [0.2, 0.25) is 0 Å². The number of rotatable bonds is 5. The van der Waals surface area contributed by atoms with Crippen molar-refractivity contribution in [1.82, 2.24) is 0 Å². The van der Waals surface area contributed by atoms with Crippen molar-refractivity contribution in [3.8, 4) is 11.8 Å². The molecule has 0 bridgehead atoms. The molecule has 1 heterocycles. The zero-order valence-corrected chi connectivity index (χ0v) is 16.3. The summed E-state index contributed by atoms with van der Waals surface area (Å²) in [6, 6.07) is 12.2. The van der Waals surface area contributed by atoms with E-state index in [1.54, 1.807) is 30.3 Å². The average Bonchev–Trinajstić information content (AvgIpc) is 3.26. The fraction of sp³-hybridized carbons (Fsp3) is 0.409. The minimum Gasteiger partial charge on any atom is -0.477 e. The number of aliphatic hydroxyl groups is 1. The van der Waals surface area contributed by atoms with Gasteiger partial charge in [-0.3, -0.25) is 0 Å². The van der Waals surface area contributed by atoms with Crippen molar-refractivity contribution in [3.05, 3.63) is 57.8 Å². The second kappa shape index (κ2) is 9.02. The van der Waals surface area contributed by atoms with Gasteiger partial charge in [0.2, 0.25) is 0 Å². The molecule has 0 saturated heterocycles. The normalized spacial score (nSPS) is 24.1. The predicted octanol–water partition coefficient (Wildman–Crippen LogP) is 5.00. The fourth-order valence-corrected chi connectivity index (χ4v) is 4.79. The van der Waals surface area contributed by atoms with E-state index in [2.05, 4.69) is 11.8 Å². The van der Waals surface area contributed by atoms with E-state index in [0.29, 0.717) is 18.4 Å². The Morgan fingerprint density at radius 2 is 1.90 bits per heavy atom. The lowest BCUT2D eigenvalue weighted by Crippen LogP contribution is -2.28. The molecule has 1 saturated carbocycles. The molecule has 4 atom stereocenters. The third-order valence-corrected chi connectivity index (χ3v) is 6.43. The van der Waals surface area contributed by atoms with E-state index in [0.717, 1.165) is 16.2 Å². The fourth-order valence-electron chi connectivity index (χ4n) is 3.90. The monoisotopic (exact) mass is 422 g/mol. The van der Waals surface area contributed by atoms with Gasteiger partial charge in [0.15, 0.2) is 0 Å². The summed E-state index contributed by atoms with van der Waals surface area (Å²) in [6.45, 7) is 0. The maximum atomic E-state index is 13.5. The zero-order valence-electron chi connectivity index (χ0n) is 15.5. The number of carboxylic acid groups (broad SMARTS) is 1. The molecule has 2 aromatic rings. The molecule has 3 rings (SSSR count). The quantitative estimate of drug-likeness (QED) is 0.667. The average molecular weight is 422 g/mol. The molecule has 1 aliphatic carbocycles. The number of carbonyl (C=O) groups is 1. The van der Waals surface area contributed by atoms with Crippen LogP contribution in [-0.2, 0) is 6.42 Å². The van der Waals surface area contributed by atoms with E-state index in [1.807, 2.05) is 6.07 Å². The molecule has 0 radical (unpaired) electrons. The smallest absolute Gasteiger partial charge is 0.392 e. The van der Waals surface area contributed by atoms with Crippen LogP contribution in [0.25, 0.3) is 0 Å². The first-order valence-corrected chi connectivity index (χ1v) is 10.2. The Kier molecular flexibility index (Phi) is 6.66. The summed E-state index contributed by atoms with van der Waals surface area (Å²) in [5.74, 6) is 1.70. The highest BCUT2D eigenvalue weighted by Gasteiger charge is 2.53. The van der Waals surface area contributed by atoms with Crippen LogP contribution in [0.15, 0.2) is 42.5 Å². The Bertz CT molecular complexity index is 895. The molecule has 1 aliphatic rings. The van der Waals surface area contributed by atoms with Gasteiger partial charge in [-0.25, -0.2) is 4.79 Å². The lowest BCUT2D eigenvalue weighted by Gasteiger charge is -2.24. The molecule has 2 unspecified atom stereocenters. The third-order valence-electron chi connectivity index (χ3n) is 5.30. The molecular formula is C22H21F3O3S. The molecule has 29 heavy (non-hydrogen) atoms. The number of hydrogen-bond acceptors (Lipinski definition) is 3. The Balaban J connectivity index is 1.72. The highest BCUT2D eigenvalue weighted by Crippen LogP contribution is 2.48. The van der Waals surface area contributed by atoms with Gasteiger partial charge in [0.25, 0.3) is 0 Å². The van der Waals surface area contributed by atoms with Gasteiger partial charge in [-0.2, -0.15) is 13.2 Å². The second-order valence-electron chi connectivity index (χ2n) is 7.24. The van der Waals surface area contributed by atoms with E-state index in [1.165, 1.54) is 6.07 Å². The molecule has 3 nitrogen and oxygen atoms in total. The SMILES string of the molecule is O=C(O)c1ccc(CCCC2[C@@H](C#Cc3ccccc3)C(O)C[C@H]2C(F)(F)F)s1. The van der Waals surface area contributed by atoms with Crippen LogP contribution in [0.3, 0.4) is 0 Å². The summed E-state index contributed by atoms with van der Waals surface area (Å²) in [5, 5.41) is 19.3. The molecule has 1 fully saturated rings. The van der Waals surface area contributed by atoms with Crippen LogP contribution in [0.1, 0.15) is 39.4 Å². The summed E-state index contributed by atoms with van der Waals surface area (Å²) >= 11 is 1.14. The van der Waals surface area contributed by atoms with E-state index in [4.69, 9.17) is 5.11 Å². The summed E-state index contributed by atoms with van der Waals surface area (Å²) in [6.07, 6.45) is -4.56. The summed E-state index contributed by atoms with van der Waals surface area (Å²) in [7, 11) is 0. The number of benzene rings is 1. The van der Waals surface area contributed by atoms with Gasteiger partial charge in [-0.1, -0.05) is 30.0 Å². The van der Waals surface area contributed by atoms with Gasteiger partial charge in [0.1, 0.15) is 4.88 Å². The lowest BCUT2D eigenvalue weighted by atomic mass is 9.84. The number of halogens is 3. The highest BCUT2D eigenvalue weighted by molar-refractivity contribution is 7.13. The summed E-state index contributed by atoms with van der Waals surface area (Å²) < 4.78 is 40.6. The van der Waals surface area contributed by atoms with E-state index < -0.39 is 36.0 Å². The van der Waals surface area contributed by atoms with Gasteiger partial charge in [-0.15, -0.1) is 11.3 Å². The van der Waals surface area contributed by atoms with E-state index in [-0.39, 0.29) is 17.7 Å². The van der Waals surface area contributed by atoms with Crippen LogP contribution in [-0.4, -0.2) is 28.5 Å². The first kappa shape index (κ1) is 21.4. The van der Waals surface area contributed by atoms with Crippen molar-refractivity contribution >= 4 is 17.3 Å². The number of carboxylic acids is 1. The van der Waals surface area contributed by atoms with Crippen molar-refractivity contribution in [1.29, 1.82) is 0 Å². The minimum atomic E-state index is -4.38. The molecule has 0 aliphatic heterocycles. The topological polar surface area (TPSA) is 57.5 Å². The number of hydrogen-bond donors (Lipinski definition) is 2. The largest absolute Gasteiger partial charge is 0.477 e. The van der Waals surface area contributed by atoms with Crippen molar-refractivity contribution in [2.75, 3.05) is 0 Å². The highest BCUT2D eigenvalue weighted by atomic mass is 32.1. The Labute approximate surface area is 171 Å². The first-order valence-electron chi connectivity index (χ1n) is 9.39. The molecule has 0 amide bonds. The van der Waals surface area contributed by atoms with Gasteiger partial charge in [0, 0.05) is 10.4 Å². The van der Waals surface area contributed by atoms with Crippen molar-refractivity contribution in [2.24, 2.45) is 17.8 Å². The van der Waals surface area contributed by atoms with Crippen LogP contribution >= 0.6 is 11.3 Å². The van der Waals surface area contributed by atoms with Crippen LogP contribution < -0.4 is 0 Å². The number of aliphatic hydroxyl groups excluding tert-OH is 1. The Morgan fingerprint density at radius 1 is 1.17 bits per heavy atom. The van der Waals surface area contributed by atoms with Gasteiger partial charge < -0.3 is 10.2 Å². The van der Waals surface area contributed by atoms with Crippen molar-refractivity contribution in [3.63, 3.8) is 0 Å². The maximum absolute atomic E-state index is 13.5. The molecular weight excluding hydrogens is 401 g/mol. The summed E-state index contributed by atoms with van der Waals surface area (Å²) in [4.78, 5) is 12.0. The minimum absolute atomic E-state index is 0.219. The number of aromatic carboxylic acids is 1. The van der Waals surface area contributed by atoms with Crippen LogP contribution in [0.4, 0.5) is 13.2 Å². The van der Waals surface area contributed by atoms with Crippen LogP contribution in [0.5, 0.6) is 0 Å². The standard InChI is InChI=1S/C22H21F3O3S/c23-22(24,25)18-13-19(26)17(11-9-14-5-2-1-3-6-14)16(18)8-4-7-15-10-12-20(29-15)21(27)28/h1-3,5-6,10,12,16-19,26H,4,7-8,13H2,(H,27,28)/t16?,17-,18-,19?/m1/s1. The van der Waals surface area contributed by atoms with Crippen molar-refractivity contribution < 1.29 is 28.2 Å². The Hall–Kier alpha value is -2.30. The second-order valence-corrected chi connectivity index (χ2v) is 8.41. The Morgan fingerprint density at radius 3 is 2.52 bits per heavy atom. The summed E-state index contributed by atoms with van der Waals surface area (Å²) in [5.41, 5.74) is 0.702. The molecule has 0 spiro atoms. The zero-order chi connectivity index (χ0) is 21.0. The van der Waals surface area contributed by atoms with Crippen molar-refractivity contribution in [2.45, 2.75) is 38.0 Å². The van der Waals surface area contributed by atoms with Gasteiger partial charge >= 0.3 is 12.1 Å². The first-order chi connectivity index (χ1) is 13.8. The van der Waals surface area contributed by atoms with Gasteiger partial charge in [-0.05, 0) is 55.9 Å². The number of alkyl halides is 3. The number of aryl methyl sites for hydroxylation is 1. The van der Waals surface area contributed by atoms with E-state index >= 15 is 0 Å². The predicted molar refractivity (Wildman–Crippen MR) is 105 cm³/mol. The molecule has 2 N–H and O–H groups in total. The molecule has 1 aromatic carbocycles.